The van der Waals surface area contributed by atoms with Crippen molar-refractivity contribution in [2.24, 2.45) is 0 Å². The number of anilines is 1. The van der Waals surface area contributed by atoms with Crippen LogP contribution in [0.1, 0.15) is 26.5 Å². The fraction of sp³-hybridized carbons (Fsp3) is 0.393. The number of rotatable bonds is 9. The van der Waals surface area contributed by atoms with Crippen LogP contribution in [0.15, 0.2) is 57.9 Å². The molecule has 0 saturated carbocycles. The monoisotopic (exact) mass is 555 g/mol. The van der Waals surface area contributed by atoms with E-state index in [4.69, 9.17) is 9.15 Å². The van der Waals surface area contributed by atoms with Gasteiger partial charge in [0, 0.05) is 29.9 Å². The van der Waals surface area contributed by atoms with Gasteiger partial charge >= 0.3 is 0 Å². The van der Waals surface area contributed by atoms with Crippen molar-refractivity contribution in [3.8, 4) is 17.4 Å². The minimum atomic E-state index is -4.41. The third-order valence-corrected chi connectivity index (χ3v) is 8.59. The van der Waals surface area contributed by atoms with Crippen LogP contribution < -0.4 is 9.62 Å². The standard InChI is InChI=1S/C28H33N3O7S/c1-4-31(5-2)21-9-8-18-12-20(7-6-19(18)13-21)24-11-10-23(38-24)17(3)26(14-29)39(35,36)30-22-16-37-25(15-32)28(34)27(22)33/h6-13,22,25,27-28,30,32-34H,4-5,15-16H2,1-3H3/b26-17+/t22-,25+,27+,28+/m0/s1. The topological polar surface area (TPSA) is 156 Å². The molecule has 2 heterocycles. The first-order valence-electron chi connectivity index (χ1n) is 12.7. The Bertz CT molecular complexity index is 1500. The van der Waals surface area contributed by atoms with Gasteiger partial charge in [0.05, 0.1) is 19.3 Å². The summed E-state index contributed by atoms with van der Waals surface area (Å²) in [6.07, 6.45) is -4.06. The maximum Gasteiger partial charge on any atom is 0.251 e. The molecule has 4 atom stereocenters. The third-order valence-electron chi connectivity index (χ3n) is 7.04. The molecular weight excluding hydrogens is 522 g/mol. The molecule has 4 rings (SSSR count). The zero-order valence-corrected chi connectivity index (χ0v) is 22.9. The van der Waals surface area contributed by atoms with Crippen molar-refractivity contribution in [2.45, 2.75) is 45.1 Å². The fourth-order valence-corrected chi connectivity index (χ4v) is 6.08. The van der Waals surface area contributed by atoms with E-state index in [9.17, 15) is 29.0 Å². The van der Waals surface area contributed by atoms with Gasteiger partial charge in [0.15, 0.2) is 4.91 Å². The van der Waals surface area contributed by atoms with Crippen LogP contribution in [0.5, 0.6) is 0 Å². The lowest BCUT2D eigenvalue weighted by molar-refractivity contribution is -0.158. The van der Waals surface area contributed by atoms with Crippen molar-refractivity contribution in [2.75, 3.05) is 31.2 Å². The van der Waals surface area contributed by atoms with Crippen LogP contribution in [0, 0.1) is 11.3 Å². The van der Waals surface area contributed by atoms with E-state index in [1.807, 2.05) is 18.2 Å². The third kappa shape index (κ3) is 5.86. The molecule has 1 saturated heterocycles. The number of hydrogen-bond acceptors (Lipinski definition) is 9. The summed E-state index contributed by atoms with van der Waals surface area (Å²) in [5, 5.41) is 41.4. The Morgan fingerprint density at radius 3 is 2.44 bits per heavy atom. The highest BCUT2D eigenvalue weighted by molar-refractivity contribution is 7.93. The van der Waals surface area contributed by atoms with E-state index in [2.05, 4.69) is 41.7 Å². The van der Waals surface area contributed by atoms with Crippen LogP contribution in [0.3, 0.4) is 0 Å². The Labute approximate surface area is 227 Å². The summed E-state index contributed by atoms with van der Waals surface area (Å²) in [5.74, 6) is 0.709. The van der Waals surface area contributed by atoms with Gasteiger partial charge in [0.1, 0.15) is 35.9 Å². The maximum atomic E-state index is 13.1. The number of allylic oxidation sites excluding steroid dienone is 2. The summed E-state index contributed by atoms with van der Waals surface area (Å²) >= 11 is 0. The Kier molecular flexibility index (Phi) is 8.76. The maximum absolute atomic E-state index is 13.1. The van der Waals surface area contributed by atoms with Crippen LogP contribution in [0.2, 0.25) is 0 Å². The number of furan rings is 1. The predicted octanol–water partition coefficient (Wildman–Crippen LogP) is 2.60. The van der Waals surface area contributed by atoms with Gasteiger partial charge < -0.3 is 29.4 Å². The molecule has 0 bridgehead atoms. The zero-order chi connectivity index (χ0) is 28.3. The summed E-state index contributed by atoms with van der Waals surface area (Å²) < 4.78 is 39.5. The number of sulfonamides is 1. The highest BCUT2D eigenvalue weighted by Gasteiger charge is 2.40. The molecule has 1 aromatic heterocycles. The summed E-state index contributed by atoms with van der Waals surface area (Å²) in [5.41, 5.74) is 2.03. The van der Waals surface area contributed by atoms with Gasteiger partial charge in [-0.25, -0.2) is 13.1 Å². The average molecular weight is 556 g/mol. The lowest BCUT2D eigenvalue weighted by atomic mass is 9.99. The number of fused-ring (bicyclic) bond motifs is 1. The SMILES string of the molecule is CCN(CC)c1ccc2cc(-c3ccc(/C(C)=C(\C#N)S(=O)(=O)N[C@H]4CO[C@H](CO)[C@@H](O)[C@@H]4O)o3)ccc2c1. The molecule has 1 fully saturated rings. The fourth-order valence-electron chi connectivity index (χ4n) is 4.73. The first kappa shape index (κ1) is 28.8. The van der Waals surface area contributed by atoms with E-state index >= 15 is 0 Å². The second-order valence-corrected chi connectivity index (χ2v) is 11.1. The normalized spacial score (nSPS) is 22.4. The molecule has 0 amide bonds. The molecule has 3 aromatic rings. The molecule has 2 aromatic carbocycles. The van der Waals surface area contributed by atoms with Crippen LogP contribution in [-0.4, -0.2) is 74.4 Å². The molecule has 0 aliphatic carbocycles. The van der Waals surface area contributed by atoms with Gasteiger partial charge in [-0.15, -0.1) is 0 Å². The van der Waals surface area contributed by atoms with Crippen molar-refractivity contribution in [3.05, 3.63) is 59.2 Å². The molecule has 4 N–H and O–H groups in total. The Hall–Kier alpha value is -3.24. The lowest BCUT2D eigenvalue weighted by Crippen LogP contribution is -2.59. The smallest absolute Gasteiger partial charge is 0.251 e. The minimum Gasteiger partial charge on any atom is -0.456 e. The van der Waals surface area contributed by atoms with Gasteiger partial charge in [-0.1, -0.05) is 18.2 Å². The van der Waals surface area contributed by atoms with Gasteiger partial charge in [-0.3, -0.25) is 0 Å². The quantitative estimate of drug-likeness (QED) is 0.291. The first-order chi connectivity index (χ1) is 18.6. The van der Waals surface area contributed by atoms with Gasteiger partial charge in [0.2, 0.25) is 0 Å². The van der Waals surface area contributed by atoms with Crippen LogP contribution in [-0.2, 0) is 14.8 Å². The predicted molar refractivity (Wildman–Crippen MR) is 148 cm³/mol. The Morgan fingerprint density at radius 1 is 1.08 bits per heavy atom. The first-order valence-corrected chi connectivity index (χ1v) is 14.2. The number of ether oxygens (including phenoxy) is 1. The van der Waals surface area contributed by atoms with Crippen LogP contribution in [0.4, 0.5) is 5.69 Å². The highest BCUT2D eigenvalue weighted by atomic mass is 32.2. The number of aliphatic hydroxyl groups excluding tert-OH is 3. The van der Waals surface area contributed by atoms with E-state index in [0.717, 1.165) is 35.1 Å². The molecule has 10 nitrogen and oxygen atoms in total. The number of benzene rings is 2. The molecule has 39 heavy (non-hydrogen) atoms. The average Bonchev–Trinajstić information content (AvgIpc) is 3.42. The van der Waals surface area contributed by atoms with Crippen LogP contribution in [0.25, 0.3) is 27.7 Å². The van der Waals surface area contributed by atoms with Crippen molar-refractivity contribution < 1.29 is 32.9 Å². The number of nitriles is 1. The van der Waals surface area contributed by atoms with Gasteiger partial charge in [-0.05, 0) is 61.9 Å². The highest BCUT2D eigenvalue weighted by Crippen LogP contribution is 2.32. The van der Waals surface area contributed by atoms with E-state index in [0.29, 0.717) is 5.76 Å². The molecule has 0 spiro atoms. The van der Waals surface area contributed by atoms with E-state index in [1.54, 1.807) is 18.2 Å². The summed E-state index contributed by atoms with van der Waals surface area (Å²) in [6, 6.07) is 16.0. The van der Waals surface area contributed by atoms with Gasteiger partial charge in [-0.2, -0.15) is 5.26 Å². The minimum absolute atomic E-state index is 0.0842. The zero-order valence-electron chi connectivity index (χ0n) is 22.0. The van der Waals surface area contributed by atoms with E-state index in [1.165, 1.54) is 6.92 Å². The van der Waals surface area contributed by atoms with E-state index < -0.39 is 45.9 Å². The van der Waals surface area contributed by atoms with E-state index in [-0.39, 0.29) is 17.9 Å². The molecular formula is C28H33N3O7S. The van der Waals surface area contributed by atoms with Crippen molar-refractivity contribution >= 4 is 32.1 Å². The second-order valence-electron chi connectivity index (χ2n) is 9.41. The number of nitrogens with zero attached hydrogens (tertiary/aromatic N) is 2. The van der Waals surface area contributed by atoms with Crippen molar-refractivity contribution in [1.29, 1.82) is 5.26 Å². The molecule has 0 unspecified atom stereocenters. The summed E-state index contributed by atoms with van der Waals surface area (Å²) in [6.45, 7) is 6.70. The number of nitrogens with one attached hydrogen (secondary N) is 1. The second kappa shape index (κ2) is 11.9. The van der Waals surface area contributed by atoms with Crippen molar-refractivity contribution in [1.82, 2.24) is 4.72 Å². The molecule has 1 aliphatic rings. The van der Waals surface area contributed by atoms with Crippen molar-refractivity contribution in [3.63, 3.8) is 0 Å². The lowest BCUT2D eigenvalue weighted by Gasteiger charge is -2.36. The molecule has 208 valence electrons. The Balaban J connectivity index is 1.58. The number of aliphatic hydroxyl groups is 3. The largest absolute Gasteiger partial charge is 0.456 e. The van der Waals surface area contributed by atoms with Gasteiger partial charge in [0.25, 0.3) is 10.0 Å². The van der Waals surface area contributed by atoms with Crippen LogP contribution >= 0.6 is 0 Å². The summed E-state index contributed by atoms with van der Waals surface area (Å²) in [4.78, 5) is 1.68. The number of hydrogen-bond donors (Lipinski definition) is 4. The molecule has 1 aliphatic heterocycles. The Morgan fingerprint density at radius 2 is 1.77 bits per heavy atom. The summed E-state index contributed by atoms with van der Waals surface area (Å²) in [7, 11) is -4.41. The molecule has 0 radical (unpaired) electrons. The molecule has 11 heteroatoms.